The predicted molar refractivity (Wildman–Crippen MR) is 91.1 cm³/mol. The molecule has 1 aromatic carbocycles. The monoisotopic (exact) mass is 370 g/mol. The van der Waals surface area contributed by atoms with Gasteiger partial charge < -0.3 is 10.6 Å². The fourth-order valence-electron chi connectivity index (χ4n) is 2.22. The van der Waals surface area contributed by atoms with Crippen LogP contribution in [-0.2, 0) is 4.79 Å². The largest absolute Gasteiger partial charge is 0.371 e. The Morgan fingerprint density at radius 2 is 2.00 bits per heavy atom. The van der Waals surface area contributed by atoms with Gasteiger partial charge in [-0.2, -0.15) is 9.78 Å². The van der Waals surface area contributed by atoms with Gasteiger partial charge >= 0.3 is 0 Å². The van der Waals surface area contributed by atoms with Crippen LogP contribution in [0.1, 0.15) is 13.8 Å². The molecular formula is C16H17ClF2N4O2. The van der Waals surface area contributed by atoms with Crippen LogP contribution in [0.2, 0.25) is 5.02 Å². The zero-order valence-electron chi connectivity index (χ0n) is 13.8. The van der Waals surface area contributed by atoms with E-state index in [1.807, 2.05) is 13.8 Å². The number of carbonyl (C=O) groups is 1. The number of aromatic nitrogens is 2. The van der Waals surface area contributed by atoms with Crippen LogP contribution in [0.5, 0.6) is 0 Å². The first-order valence-corrected chi connectivity index (χ1v) is 7.85. The molecule has 0 fully saturated rings. The molecule has 1 atom stereocenters. The quantitative estimate of drug-likeness (QED) is 0.847. The molecule has 0 radical (unpaired) electrons. The Kier molecular flexibility index (Phi) is 5.73. The minimum atomic E-state index is -0.947. The minimum absolute atomic E-state index is 0.0898. The van der Waals surface area contributed by atoms with Gasteiger partial charge in [-0.3, -0.25) is 9.59 Å². The zero-order chi connectivity index (χ0) is 18.7. The summed E-state index contributed by atoms with van der Waals surface area (Å²) in [5, 5.41) is 8.99. The highest BCUT2D eigenvalue weighted by Crippen LogP contribution is 2.20. The Morgan fingerprint density at radius 3 is 2.56 bits per heavy atom. The number of rotatable bonds is 5. The number of hydrogen-bond acceptors (Lipinski definition) is 4. The minimum Gasteiger partial charge on any atom is -0.371 e. The lowest BCUT2D eigenvalue weighted by molar-refractivity contribution is -0.122. The lowest BCUT2D eigenvalue weighted by Crippen LogP contribution is -2.42. The van der Waals surface area contributed by atoms with E-state index in [4.69, 9.17) is 11.6 Å². The normalized spacial score (nSPS) is 12.1. The van der Waals surface area contributed by atoms with E-state index in [0.29, 0.717) is 6.07 Å². The van der Waals surface area contributed by atoms with Crippen molar-refractivity contribution >= 4 is 23.2 Å². The zero-order valence-corrected chi connectivity index (χ0v) is 14.6. The molecule has 0 aliphatic rings. The van der Waals surface area contributed by atoms with Crippen molar-refractivity contribution in [2.75, 3.05) is 12.4 Å². The molecule has 0 saturated heterocycles. The van der Waals surface area contributed by atoms with Crippen LogP contribution in [0.3, 0.4) is 0 Å². The lowest BCUT2D eigenvalue weighted by Gasteiger charge is -2.22. The lowest BCUT2D eigenvalue weighted by atomic mass is 10.0. The van der Waals surface area contributed by atoms with E-state index in [0.717, 1.165) is 16.8 Å². The van der Waals surface area contributed by atoms with Gasteiger partial charge in [0.15, 0.2) is 5.82 Å². The number of hydrogen-bond donors (Lipinski definition) is 2. The van der Waals surface area contributed by atoms with E-state index in [-0.39, 0.29) is 28.2 Å². The summed E-state index contributed by atoms with van der Waals surface area (Å²) in [6.07, 6.45) is 1.21. The fraction of sp³-hybridized carbons (Fsp3) is 0.312. The second kappa shape index (κ2) is 7.60. The summed E-state index contributed by atoms with van der Waals surface area (Å²) in [5.41, 5.74) is -0.879. The predicted octanol–water partition coefficient (Wildman–Crippen LogP) is 2.35. The van der Waals surface area contributed by atoms with Gasteiger partial charge in [-0.1, -0.05) is 25.4 Å². The van der Waals surface area contributed by atoms with Crippen LogP contribution in [0.25, 0.3) is 5.69 Å². The molecule has 0 aliphatic heterocycles. The molecule has 1 amide bonds. The first-order chi connectivity index (χ1) is 11.8. The van der Waals surface area contributed by atoms with Gasteiger partial charge in [0, 0.05) is 13.1 Å². The first-order valence-electron chi connectivity index (χ1n) is 7.47. The Hall–Kier alpha value is -2.48. The topological polar surface area (TPSA) is 76.0 Å². The van der Waals surface area contributed by atoms with Crippen molar-refractivity contribution in [3.8, 4) is 5.69 Å². The highest BCUT2D eigenvalue weighted by atomic mass is 35.5. The second-order valence-corrected chi connectivity index (χ2v) is 6.04. The van der Waals surface area contributed by atoms with Gasteiger partial charge in [0.05, 0.1) is 11.9 Å². The third kappa shape index (κ3) is 3.96. The molecule has 2 rings (SSSR count). The smallest absolute Gasteiger partial charge is 0.292 e. The number of amides is 1. The molecule has 134 valence electrons. The third-order valence-corrected chi connectivity index (χ3v) is 3.93. The Labute approximate surface area is 147 Å². The molecule has 1 aromatic heterocycles. The molecule has 0 aliphatic carbocycles. The maximum absolute atomic E-state index is 13.9. The summed E-state index contributed by atoms with van der Waals surface area (Å²) in [4.78, 5) is 24.3. The van der Waals surface area contributed by atoms with Crippen molar-refractivity contribution in [1.82, 2.24) is 15.1 Å². The number of benzene rings is 1. The molecule has 1 heterocycles. The fourth-order valence-corrected chi connectivity index (χ4v) is 2.40. The molecule has 2 aromatic rings. The van der Waals surface area contributed by atoms with Crippen molar-refractivity contribution in [1.29, 1.82) is 0 Å². The summed E-state index contributed by atoms with van der Waals surface area (Å²) >= 11 is 6.06. The van der Waals surface area contributed by atoms with E-state index in [1.54, 1.807) is 0 Å². The van der Waals surface area contributed by atoms with E-state index in [1.165, 1.54) is 13.2 Å². The SMILES string of the molecule is CNC(=O)C(Nc1cnn(-c2ccc(F)cc2F)c(=O)c1Cl)C(C)C. The maximum Gasteiger partial charge on any atom is 0.292 e. The molecule has 0 bridgehead atoms. The number of carbonyl (C=O) groups excluding carboxylic acids is 1. The average Bonchev–Trinajstić information content (AvgIpc) is 2.56. The highest BCUT2D eigenvalue weighted by molar-refractivity contribution is 6.33. The van der Waals surface area contributed by atoms with Crippen LogP contribution >= 0.6 is 11.6 Å². The van der Waals surface area contributed by atoms with Crippen LogP contribution in [0, 0.1) is 17.6 Å². The summed E-state index contributed by atoms with van der Waals surface area (Å²) in [7, 11) is 1.49. The molecule has 1 unspecified atom stereocenters. The second-order valence-electron chi connectivity index (χ2n) is 5.67. The van der Waals surface area contributed by atoms with Crippen molar-refractivity contribution in [3.05, 3.63) is 51.4 Å². The molecule has 25 heavy (non-hydrogen) atoms. The van der Waals surface area contributed by atoms with Crippen LogP contribution in [0.15, 0.2) is 29.2 Å². The molecule has 0 spiro atoms. The van der Waals surface area contributed by atoms with E-state index in [2.05, 4.69) is 15.7 Å². The summed E-state index contributed by atoms with van der Waals surface area (Å²) in [5.74, 6) is -2.09. The van der Waals surface area contributed by atoms with Gasteiger partial charge in [0.25, 0.3) is 5.56 Å². The summed E-state index contributed by atoms with van der Waals surface area (Å²) in [6.45, 7) is 3.65. The molecule has 9 heteroatoms. The van der Waals surface area contributed by atoms with Crippen LogP contribution < -0.4 is 16.2 Å². The number of anilines is 1. The Morgan fingerprint density at radius 1 is 1.32 bits per heavy atom. The summed E-state index contributed by atoms with van der Waals surface area (Å²) < 4.78 is 27.6. The first kappa shape index (κ1) is 18.9. The van der Waals surface area contributed by atoms with Crippen molar-refractivity contribution in [3.63, 3.8) is 0 Å². The highest BCUT2D eigenvalue weighted by Gasteiger charge is 2.23. The molecule has 2 N–H and O–H groups in total. The molecular weight excluding hydrogens is 354 g/mol. The van der Waals surface area contributed by atoms with Crippen LogP contribution in [0.4, 0.5) is 14.5 Å². The van der Waals surface area contributed by atoms with Gasteiger partial charge in [-0.25, -0.2) is 8.78 Å². The average molecular weight is 371 g/mol. The van der Waals surface area contributed by atoms with Gasteiger partial charge in [-0.05, 0) is 18.1 Å². The number of halogens is 3. The van der Waals surface area contributed by atoms with Gasteiger partial charge in [0.2, 0.25) is 5.91 Å². The van der Waals surface area contributed by atoms with Crippen LogP contribution in [-0.4, -0.2) is 28.8 Å². The van der Waals surface area contributed by atoms with E-state index >= 15 is 0 Å². The van der Waals surface area contributed by atoms with Crippen molar-refractivity contribution in [2.45, 2.75) is 19.9 Å². The Bertz CT molecular complexity index is 855. The Balaban J connectivity index is 2.44. The number of nitrogens with one attached hydrogen (secondary N) is 2. The number of nitrogens with zero attached hydrogens (tertiary/aromatic N) is 2. The third-order valence-electron chi connectivity index (χ3n) is 3.56. The summed E-state index contributed by atoms with van der Waals surface area (Å²) in [6, 6.07) is 2.10. The number of likely N-dealkylation sites (N-methyl/N-ethyl adjacent to an activating group) is 1. The molecule has 0 saturated carbocycles. The van der Waals surface area contributed by atoms with Gasteiger partial charge in [0.1, 0.15) is 22.6 Å². The maximum atomic E-state index is 13.9. The molecule has 6 nitrogen and oxygen atoms in total. The standard InChI is InChI=1S/C16H17ClF2N4O2/c1-8(2)14(15(24)20-3)22-11-7-21-23(16(25)13(11)17)12-5-4-9(18)6-10(12)19/h4-8,14,22H,1-3H3,(H,20,24). The van der Waals surface area contributed by atoms with E-state index in [9.17, 15) is 18.4 Å². The van der Waals surface area contributed by atoms with E-state index < -0.39 is 23.2 Å². The van der Waals surface area contributed by atoms with Crippen molar-refractivity contribution in [2.24, 2.45) is 5.92 Å². The van der Waals surface area contributed by atoms with Gasteiger partial charge in [-0.15, -0.1) is 0 Å². The van der Waals surface area contributed by atoms with Crippen molar-refractivity contribution < 1.29 is 13.6 Å².